The molecular formula is C17H20N2O. The van der Waals surface area contributed by atoms with Gasteiger partial charge in [-0.05, 0) is 35.7 Å². The number of nitrogens with zero attached hydrogens (tertiary/aromatic N) is 1. The summed E-state index contributed by atoms with van der Waals surface area (Å²) in [6.07, 6.45) is 2.45. The van der Waals surface area contributed by atoms with Crippen molar-refractivity contribution in [2.24, 2.45) is 5.10 Å². The number of hydrazone groups is 1. The van der Waals surface area contributed by atoms with E-state index in [2.05, 4.69) is 41.7 Å². The molecule has 0 heterocycles. The molecule has 0 aliphatic carbocycles. The molecule has 0 aliphatic heterocycles. The van der Waals surface area contributed by atoms with Gasteiger partial charge in [-0.15, -0.1) is 0 Å². The largest absolute Gasteiger partial charge is 0.273 e. The van der Waals surface area contributed by atoms with Crippen LogP contribution in [-0.4, -0.2) is 11.6 Å². The molecule has 3 heteroatoms. The Labute approximate surface area is 119 Å². The van der Waals surface area contributed by atoms with Crippen molar-refractivity contribution in [3.8, 4) is 0 Å². The van der Waals surface area contributed by atoms with Gasteiger partial charge in [0.15, 0.2) is 0 Å². The number of hydrogen-bond donors (Lipinski definition) is 1. The Bertz CT molecular complexity index is 632. The molecule has 0 spiro atoms. The van der Waals surface area contributed by atoms with Gasteiger partial charge in [0.1, 0.15) is 0 Å². The second kappa shape index (κ2) is 6.85. The predicted octanol–water partition coefficient (Wildman–Crippen LogP) is 3.87. The van der Waals surface area contributed by atoms with Crippen molar-refractivity contribution in [2.75, 3.05) is 0 Å². The zero-order valence-electron chi connectivity index (χ0n) is 12.0. The molecule has 0 aliphatic rings. The Balaban J connectivity index is 2.10. The average molecular weight is 268 g/mol. The van der Waals surface area contributed by atoms with Crippen LogP contribution in [0.25, 0.3) is 10.8 Å². The average Bonchev–Trinajstić information content (AvgIpc) is 2.50. The molecular weight excluding hydrogens is 248 g/mol. The van der Waals surface area contributed by atoms with Gasteiger partial charge in [0.2, 0.25) is 5.91 Å². The third-order valence-electron chi connectivity index (χ3n) is 3.27. The molecule has 0 aromatic heterocycles. The monoisotopic (exact) mass is 268 g/mol. The number of carbonyl (C=O) groups excluding carboxylic acids is 1. The molecule has 104 valence electrons. The lowest BCUT2D eigenvalue weighted by Gasteiger charge is -2.04. The highest BCUT2D eigenvalue weighted by Crippen LogP contribution is 2.16. The molecule has 0 radical (unpaired) electrons. The Morgan fingerprint density at radius 1 is 1.15 bits per heavy atom. The molecule has 3 nitrogen and oxygen atoms in total. The van der Waals surface area contributed by atoms with Gasteiger partial charge in [-0.3, -0.25) is 4.79 Å². The first kappa shape index (κ1) is 14.3. The van der Waals surface area contributed by atoms with E-state index in [1.165, 1.54) is 10.8 Å². The van der Waals surface area contributed by atoms with E-state index in [9.17, 15) is 4.79 Å². The quantitative estimate of drug-likeness (QED) is 0.649. The fraction of sp³-hybridized carbons (Fsp3) is 0.294. The van der Waals surface area contributed by atoms with Crippen molar-refractivity contribution >= 4 is 22.4 Å². The second-order valence-corrected chi connectivity index (χ2v) is 4.90. The molecule has 0 bridgehead atoms. The van der Waals surface area contributed by atoms with Crippen molar-refractivity contribution in [3.05, 3.63) is 48.0 Å². The minimum atomic E-state index is -0.0213. The summed E-state index contributed by atoms with van der Waals surface area (Å²) >= 11 is 0. The highest BCUT2D eigenvalue weighted by molar-refractivity contribution is 6.02. The first-order valence-electron chi connectivity index (χ1n) is 7.03. The predicted molar refractivity (Wildman–Crippen MR) is 83.8 cm³/mol. The molecule has 2 aromatic rings. The lowest BCUT2D eigenvalue weighted by molar-refractivity contribution is -0.121. The summed E-state index contributed by atoms with van der Waals surface area (Å²) in [5.74, 6) is -0.0213. The highest BCUT2D eigenvalue weighted by atomic mass is 16.2. The van der Waals surface area contributed by atoms with Gasteiger partial charge in [0, 0.05) is 6.42 Å². The van der Waals surface area contributed by atoms with E-state index in [0.29, 0.717) is 6.42 Å². The molecule has 1 N–H and O–H groups in total. The van der Waals surface area contributed by atoms with Crippen LogP contribution in [0.5, 0.6) is 0 Å². The topological polar surface area (TPSA) is 41.5 Å². The maximum absolute atomic E-state index is 11.5. The van der Waals surface area contributed by atoms with Crippen LogP contribution in [0.2, 0.25) is 0 Å². The zero-order valence-corrected chi connectivity index (χ0v) is 12.0. The molecule has 0 fully saturated rings. The fourth-order valence-electron chi connectivity index (χ4n) is 2.02. The van der Waals surface area contributed by atoms with Crippen LogP contribution in [0, 0.1) is 0 Å². The third kappa shape index (κ3) is 3.67. The third-order valence-corrected chi connectivity index (χ3v) is 3.27. The highest BCUT2D eigenvalue weighted by Gasteiger charge is 2.02. The van der Waals surface area contributed by atoms with E-state index in [-0.39, 0.29) is 5.91 Å². The molecule has 2 rings (SSSR count). The Morgan fingerprint density at radius 2 is 1.90 bits per heavy atom. The molecule has 2 aromatic carbocycles. The van der Waals surface area contributed by atoms with Gasteiger partial charge in [-0.25, -0.2) is 5.43 Å². The summed E-state index contributed by atoms with van der Waals surface area (Å²) in [7, 11) is 0. The number of fused-ring (bicyclic) bond motifs is 1. The minimum Gasteiger partial charge on any atom is -0.273 e. The van der Waals surface area contributed by atoms with Crippen LogP contribution < -0.4 is 5.43 Å². The number of nitrogens with one attached hydrogen (secondary N) is 1. The van der Waals surface area contributed by atoms with Gasteiger partial charge in [0.25, 0.3) is 0 Å². The zero-order chi connectivity index (χ0) is 14.4. The van der Waals surface area contributed by atoms with Gasteiger partial charge in [0.05, 0.1) is 5.71 Å². The van der Waals surface area contributed by atoms with Crippen molar-refractivity contribution in [3.63, 3.8) is 0 Å². The van der Waals surface area contributed by atoms with Gasteiger partial charge in [-0.1, -0.05) is 49.7 Å². The lowest BCUT2D eigenvalue weighted by Crippen LogP contribution is -2.18. The van der Waals surface area contributed by atoms with Crippen molar-refractivity contribution in [2.45, 2.75) is 33.1 Å². The van der Waals surface area contributed by atoms with E-state index in [1.807, 2.05) is 25.1 Å². The summed E-state index contributed by atoms with van der Waals surface area (Å²) in [5, 5.41) is 6.55. The normalized spacial score (nSPS) is 11.6. The van der Waals surface area contributed by atoms with Crippen molar-refractivity contribution in [1.29, 1.82) is 0 Å². The van der Waals surface area contributed by atoms with E-state index < -0.39 is 0 Å². The Morgan fingerprint density at radius 3 is 2.65 bits per heavy atom. The van der Waals surface area contributed by atoms with Gasteiger partial charge in [-0.2, -0.15) is 5.10 Å². The van der Waals surface area contributed by atoms with Crippen LogP contribution in [0.3, 0.4) is 0 Å². The number of hydrogen-bond acceptors (Lipinski definition) is 2. The van der Waals surface area contributed by atoms with Crippen molar-refractivity contribution in [1.82, 2.24) is 5.43 Å². The van der Waals surface area contributed by atoms with Crippen LogP contribution in [0.4, 0.5) is 0 Å². The number of unbranched alkanes of at least 4 members (excludes halogenated alkanes) is 1. The number of amides is 1. The van der Waals surface area contributed by atoms with E-state index >= 15 is 0 Å². The molecule has 20 heavy (non-hydrogen) atoms. The molecule has 0 atom stereocenters. The molecule has 1 amide bonds. The second-order valence-electron chi connectivity index (χ2n) is 4.90. The molecule has 0 unspecified atom stereocenters. The van der Waals surface area contributed by atoms with Crippen LogP contribution in [-0.2, 0) is 4.79 Å². The molecule has 0 saturated heterocycles. The standard InChI is InChI=1S/C17H20N2O/c1-3-4-9-17(20)19-18-13(2)15-11-10-14-7-5-6-8-16(14)12-15/h5-8,10-12H,3-4,9H2,1-2H3,(H,19,20)/b18-13+. The van der Waals surface area contributed by atoms with E-state index in [4.69, 9.17) is 0 Å². The smallest absolute Gasteiger partial charge is 0.240 e. The van der Waals surface area contributed by atoms with Crippen LogP contribution in [0.1, 0.15) is 38.7 Å². The maximum Gasteiger partial charge on any atom is 0.240 e. The van der Waals surface area contributed by atoms with Crippen molar-refractivity contribution < 1.29 is 4.79 Å². The lowest BCUT2D eigenvalue weighted by atomic mass is 10.0. The Kier molecular flexibility index (Phi) is 4.88. The summed E-state index contributed by atoms with van der Waals surface area (Å²) in [6, 6.07) is 14.4. The van der Waals surface area contributed by atoms with Crippen LogP contribution >= 0.6 is 0 Å². The summed E-state index contributed by atoms with van der Waals surface area (Å²) < 4.78 is 0. The van der Waals surface area contributed by atoms with E-state index in [1.54, 1.807) is 0 Å². The van der Waals surface area contributed by atoms with Crippen LogP contribution in [0.15, 0.2) is 47.6 Å². The van der Waals surface area contributed by atoms with Gasteiger partial charge >= 0.3 is 0 Å². The Hall–Kier alpha value is -2.16. The van der Waals surface area contributed by atoms with E-state index in [0.717, 1.165) is 24.1 Å². The summed E-state index contributed by atoms with van der Waals surface area (Å²) in [5.41, 5.74) is 4.46. The summed E-state index contributed by atoms with van der Waals surface area (Å²) in [6.45, 7) is 3.97. The number of carbonyl (C=O) groups is 1. The first-order valence-corrected chi connectivity index (χ1v) is 7.03. The maximum atomic E-state index is 11.5. The number of rotatable bonds is 5. The minimum absolute atomic E-state index is 0.0213. The first-order chi connectivity index (χ1) is 9.70. The summed E-state index contributed by atoms with van der Waals surface area (Å²) in [4.78, 5) is 11.5. The van der Waals surface area contributed by atoms with Gasteiger partial charge < -0.3 is 0 Å². The SMILES string of the molecule is CCCCC(=O)N/N=C(\C)c1ccc2ccccc2c1. The number of benzene rings is 2. The fourth-order valence-corrected chi connectivity index (χ4v) is 2.02. The molecule has 0 saturated carbocycles.